The van der Waals surface area contributed by atoms with E-state index in [4.69, 9.17) is 16.3 Å². The summed E-state index contributed by atoms with van der Waals surface area (Å²) in [5.41, 5.74) is -0.701. The van der Waals surface area contributed by atoms with E-state index in [9.17, 15) is 5.11 Å². The lowest BCUT2D eigenvalue weighted by molar-refractivity contribution is -0.114. The first kappa shape index (κ1) is 12.3. The zero-order valence-corrected chi connectivity index (χ0v) is 10.0. The Bertz CT molecular complexity index is 184. The first-order valence-corrected chi connectivity index (χ1v) is 5.92. The molecule has 0 saturated carbocycles. The summed E-state index contributed by atoms with van der Waals surface area (Å²) in [5, 5.41) is 10.1. The molecule has 1 saturated heterocycles. The second-order valence-corrected chi connectivity index (χ2v) is 5.09. The Morgan fingerprint density at radius 1 is 1.50 bits per heavy atom. The van der Waals surface area contributed by atoms with Gasteiger partial charge in [0.25, 0.3) is 0 Å². The first-order chi connectivity index (χ1) is 6.48. The minimum absolute atomic E-state index is 0.160. The van der Waals surface area contributed by atoms with Crippen molar-refractivity contribution in [3.05, 3.63) is 0 Å². The Balaban J connectivity index is 2.56. The molecule has 1 heterocycles. The summed E-state index contributed by atoms with van der Waals surface area (Å²) in [6.45, 7) is 7.17. The van der Waals surface area contributed by atoms with Crippen LogP contribution in [-0.2, 0) is 4.74 Å². The number of ether oxygens (including phenoxy) is 1. The summed E-state index contributed by atoms with van der Waals surface area (Å²) in [5.74, 6) is 1.38. The van der Waals surface area contributed by atoms with Crippen LogP contribution in [-0.4, -0.2) is 29.3 Å². The molecule has 0 aromatic rings. The molecule has 1 aliphatic heterocycles. The predicted molar refractivity (Wildman–Crippen MR) is 58.6 cm³/mol. The highest BCUT2D eigenvalue weighted by molar-refractivity contribution is 6.18. The zero-order valence-electron chi connectivity index (χ0n) is 9.29. The summed E-state index contributed by atoms with van der Waals surface area (Å²) in [6.07, 6.45) is 1.50. The summed E-state index contributed by atoms with van der Waals surface area (Å²) in [7, 11) is 0. The van der Waals surface area contributed by atoms with Crippen molar-refractivity contribution < 1.29 is 9.84 Å². The second-order valence-electron chi connectivity index (χ2n) is 4.82. The van der Waals surface area contributed by atoms with Crippen LogP contribution in [0.25, 0.3) is 0 Å². The van der Waals surface area contributed by atoms with Gasteiger partial charge in [0, 0.05) is 19.4 Å². The third-order valence-corrected chi connectivity index (χ3v) is 3.86. The van der Waals surface area contributed by atoms with Crippen LogP contribution in [0.4, 0.5) is 0 Å². The molecule has 2 nitrogen and oxygen atoms in total. The Labute approximate surface area is 91.6 Å². The maximum absolute atomic E-state index is 10.1. The third kappa shape index (κ3) is 2.85. The van der Waals surface area contributed by atoms with Crippen molar-refractivity contribution in [1.82, 2.24) is 0 Å². The molecule has 3 atom stereocenters. The fraction of sp³-hybridized carbons (Fsp3) is 1.00. The molecule has 84 valence electrons. The lowest BCUT2D eigenvalue weighted by atomic mass is 9.82. The Kier molecular flexibility index (Phi) is 4.23. The fourth-order valence-corrected chi connectivity index (χ4v) is 2.07. The Morgan fingerprint density at radius 3 is 2.64 bits per heavy atom. The zero-order chi connectivity index (χ0) is 10.8. The van der Waals surface area contributed by atoms with Crippen LogP contribution >= 0.6 is 11.6 Å². The minimum Gasteiger partial charge on any atom is -0.388 e. The number of hydrogen-bond donors (Lipinski definition) is 1. The van der Waals surface area contributed by atoms with Gasteiger partial charge in [0.2, 0.25) is 0 Å². The van der Waals surface area contributed by atoms with Crippen molar-refractivity contribution in [2.45, 2.75) is 45.3 Å². The lowest BCUT2D eigenvalue weighted by Crippen LogP contribution is -2.45. The molecule has 0 radical (unpaired) electrons. The standard InChI is InChI=1S/C11H21ClO2/c1-8(2)9(3)10-6-11(13,7-12)4-5-14-10/h8-10,13H,4-7H2,1-3H3/t9?,10-,11-/m0/s1. The van der Waals surface area contributed by atoms with Gasteiger partial charge in [-0.15, -0.1) is 11.6 Å². The van der Waals surface area contributed by atoms with Crippen LogP contribution in [0.5, 0.6) is 0 Å². The molecule has 0 aromatic heterocycles. The van der Waals surface area contributed by atoms with Crippen LogP contribution in [0, 0.1) is 11.8 Å². The molecule has 1 rings (SSSR count). The average molecular weight is 221 g/mol. The van der Waals surface area contributed by atoms with Gasteiger partial charge in [0.05, 0.1) is 17.6 Å². The largest absolute Gasteiger partial charge is 0.388 e. The number of alkyl halides is 1. The normalized spacial score (nSPS) is 36.0. The number of aliphatic hydroxyl groups is 1. The highest BCUT2D eigenvalue weighted by Gasteiger charge is 2.37. The SMILES string of the molecule is CC(C)C(C)[C@@H]1C[C@](O)(CCl)CCO1. The van der Waals surface area contributed by atoms with Crippen LogP contribution < -0.4 is 0 Å². The second kappa shape index (κ2) is 4.82. The lowest BCUT2D eigenvalue weighted by Gasteiger charge is -2.39. The summed E-state index contributed by atoms with van der Waals surface area (Å²) >= 11 is 5.77. The topological polar surface area (TPSA) is 29.5 Å². The van der Waals surface area contributed by atoms with Crippen LogP contribution in [0.3, 0.4) is 0 Å². The minimum atomic E-state index is -0.701. The highest BCUT2D eigenvalue weighted by atomic mass is 35.5. The van der Waals surface area contributed by atoms with Gasteiger partial charge in [0.1, 0.15) is 0 Å². The molecule has 0 amide bonds. The van der Waals surface area contributed by atoms with Gasteiger partial charge in [-0.05, 0) is 11.8 Å². The third-order valence-electron chi connectivity index (χ3n) is 3.37. The van der Waals surface area contributed by atoms with E-state index >= 15 is 0 Å². The summed E-state index contributed by atoms with van der Waals surface area (Å²) in [4.78, 5) is 0. The molecule has 0 spiro atoms. The number of rotatable bonds is 3. The van der Waals surface area contributed by atoms with Crippen LogP contribution in [0.1, 0.15) is 33.6 Å². The van der Waals surface area contributed by atoms with Crippen LogP contribution in [0.15, 0.2) is 0 Å². The molecular formula is C11H21ClO2. The predicted octanol–water partition coefficient (Wildman–Crippen LogP) is 2.43. The van der Waals surface area contributed by atoms with Gasteiger partial charge in [-0.3, -0.25) is 0 Å². The molecular weight excluding hydrogens is 200 g/mol. The molecule has 1 N–H and O–H groups in total. The molecule has 0 aromatic carbocycles. The van der Waals surface area contributed by atoms with Gasteiger partial charge in [0.15, 0.2) is 0 Å². The Morgan fingerprint density at radius 2 is 2.14 bits per heavy atom. The highest BCUT2D eigenvalue weighted by Crippen LogP contribution is 2.32. The summed E-state index contributed by atoms with van der Waals surface area (Å²) < 4.78 is 5.68. The van der Waals surface area contributed by atoms with E-state index in [2.05, 4.69) is 20.8 Å². The van der Waals surface area contributed by atoms with Crippen molar-refractivity contribution in [2.75, 3.05) is 12.5 Å². The van der Waals surface area contributed by atoms with E-state index in [1.54, 1.807) is 0 Å². The fourth-order valence-electron chi connectivity index (χ4n) is 1.82. The van der Waals surface area contributed by atoms with E-state index in [0.717, 1.165) is 0 Å². The van der Waals surface area contributed by atoms with Gasteiger partial charge in [-0.2, -0.15) is 0 Å². The van der Waals surface area contributed by atoms with Crippen molar-refractivity contribution in [2.24, 2.45) is 11.8 Å². The number of hydrogen-bond acceptors (Lipinski definition) is 2. The summed E-state index contributed by atoms with van der Waals surface area (Å²) in [6, 6.07) is 0. The molecule has 1 aliphatic rings. The molecule has 0 aliphatic carbocycles. The number of halogens is 1. The van der Waals surface area contributed by atoms with Gasteiger partial charge < -0.3 is 9.84 Å². The molecule has 3 heteroatoms. The van der Waals surface area contributed by atoms with Crippen molar-refractivity contribution in [1.29, 1.82) is 0 Å². The van der Waals surface area contributed by atoms with Gasteiger partial charge in [-0.1, -0.05) is 20.8 Å². The van der Waals surface area contributed by atoms with E-state index in [0.29, 0.717) is 37.2 Å². The maximum Gasteiger partial charge on any atom is 0.0829 e. The Hall–Kier alpha value is 0.210. The van der Waals surface area contributed by atoms with Crippen molar-refractivity contribution >= 4 is 11.6 Å². The molecule has 0 bridgehead atoms. The quantitative estimate of drug-likeness (QED) is 0.741. The van der Waals surface area contributed by atoms with E-state index in [1.807, 2.05) is 0 Å². The monoisotopic (exact) mass is 220 g/mol. The van der Waals surface area contributed by atoms with Crippen LogP contribution in [0.2, 0.25) is 0 Å². The molecule has 14 heavy (non-hydrogen) atoms. The van der Waals surface area contributed by atoms with Gasteiger partial charge in [-0.25, -0.2) is 0 Å². The van der Waals surface area contributed by atoms with E-state index in [-0.39, 0.29) is 6.10 Å². The molecule has 1 fully saturated rings. The molecule has 1 unspecified atom stereocenters. The van der Waals surface area contributed by atoms with Crippen molar-refractivity contribution in [3.63, 3.8) is 0 Å². The average Bonchev–Trinajstić information content (AvgIpc) is 2.16. The smallest absolute Gasteiger partial charge is 0.0829 e. The van der Waals surface area contributed by atoms with E-state index < -0.39 is 5.60 Å². The maximum atomic E-state index is 10.1. The van der Waals surface area contributed by atoms with Gasteiger partial charge >= 0.3 is 0 Å². The first-order valence-electron chi connectivity index (χ1n) is 5.38. The van der Waals surface area contributed by atoms with Crippen molar-refractivity contribution in [3.8, 4) is 0 Å². The van der Waals surface area contributed by atoms with E-state index in [1.165, 1.54) is 0 Å².